The third-order valence-electron chi connectivity index (χ3n) is 6.95. The van der Waals surface area contributed by atoms with Crippen molar-refractivity contribution < 1.29 is 24.1 Å². The van der Waals surface area contributed by atoms with Gasteiger partial charge in [-0.3, -0.25) is 9.78 Å². The Kier molecular flexibility index (Phi) is 8.66. The zero-order chi connectivity index (χ0) is 29.5. The van der Waals surface area contributed by atoms with E-state index >= 15 is 0 Å². The predicted molar refractivity (Wildman–Crippen MR) is 158 cm³/mol. The Morgan fingerprint density at radius 3 is 2.69 bits per heavy atom. The van der Waals surface area contributed by atoms with Crippen molar-refractivity contribution in [2.45, 2.75) is 45.1 Å². The third-order valence-corrected chi connectivity index (χ3v) is 6.95. The molecule has 42 heavy (non-hydrogen) atoms. The number of hydrogen-bond donors (Lipinski definition) is 2. The van der Waals surface area contributed by atoms with Crippen molar-refractivity contribution in [3.63, 3.8) is 0 Å². The van der Waals surface area contributed by atoms with Crippen LogP contribution in [0.4, 0.5) is 17.5 Å². The molecule has 1 atom stereocenters. The molecule has 3 aromatic heterocycles. The highest BCUT2D eigenvalue weighted by Crippen LogP contribution is 2.29. The van der Waals surface area contributed by atoms with Crippen molar-refractivity contribution >= 4 is 23.4 Å². The first kappa shape index (κ1) is 28.6. The summed E-state index contributed by atoms with van der Waals surface area (Å²) in [6.45, 7) is 7.28. The number of nitrogens with one attached hydrogen (secondary N) is 1. The maximum absolute atomic E-state index is 11.5. The Morgan fingerprint density at radius 2 is 1.90 bits per heavy atom. The summed E-state index contributed by atoms with van der Waals surface area (Å²) >= 11 is 0. The molecule has 1 aliphatic rings. The van der Waals surface area contributed by atoms with Crippen LogP contribution in [0.25, 0.3) is 0 Å². The van der Waals surface area contributed by atoms with Gasteiger partial charge in [0, 0.05) is 18.8 Å². The van der Waals surface area contributed by atoms with E-state index in [0.717, 1.165) is 25.2 Å². The molecule has 0 bridgehead atoms. The van der Waals surface area contributed by atoms with Gasteiger partial charge in [-0.05, 0) is 69.5 Å². The van der Waals surface area contributed by atoms with Gasteiger partial charge < -0.3 is 29.5 Å². The normalized spacial score (nSPS) is 15.1. The second-order valence-electron chi connectivity index (χ2n) is 10.4. The van der Waals surface area contributed by atoms with Crippen LogP contribution >= 0.6 is 0 Å². The van der Waals surface area contributed by atoms with Crippen LogP contribution in [0.2, 0.25) is 0 Å². The van der Waals surface area contributed by atoms with Gasteiger partial charge in [0.2, 0.25) is 5.88 Å². The monoisotopic (exact) mass is 570 g/mol. The van der Waals surface area contributed by atoms with E-state index in [1.165, 1.54) is 0 Å². The summed E-state index contributed by atoms with van der Waals surface area (Å²) in [5, 5.41) is 12.7. The lowest BCUT2D eigenvalue weighted by atomic mass is 9.85. The SMILES string of the molecule is CCOc1cccnc1OC1CCCN(c2cncc(Nc3cccc(Oc4ccc(C(C)(C)C(=O)O)cc4)n3)n2)C1. The summed E-state index contributed by atoms with van der Waals surface area (Å²) in [4.78, 5) is 31.7. The lowest BCUT2D eigenvalue weighted by molar-refractivity contribution is -0.142. The van der Waals surface area contributed by atoms with E-state index < -0.39 is 11.4 Å². The van der Waals surface area contributed by atoms with Crippen molar-refractivity contribution in [1.29, 1.82) is 0 Å². The molecular weight excluding hydrogens is 536 g/mol. The molecule has 11 heteroatoms. The molecule has 1 saturated heterocycles. The minimum atomic E-state index is -0.995. The standard InChI is InChI=1S/C31H34N6O5/c1-4-40-24-9-6-16-33-29(24)42-23-8-7-17-37(20-23)27-19-32-18-26(35-27)34-25-10-5-11-28(36-25)41-22-14-12-21(13-15-22)31(2,3)30(38)39/h5-6,9-16,18-19,23H,4,7-8,17,20H2,1-3H3,(H,38,39)(H,34,35,36). The highest BCUT2D eigenvalue weighted by atomic mass is 16.5. The quantitative estimate of drug-likeness (QED) is 0.233. The maximum atomic E-state index is 11.5. The Balaban J connectivity index is 1.23. The first-order valence-electron chi connectivity index (χ1n) is 13.9. The van der Waals surface area contributed by atoms with E-state index in [1.54, 1.807) is 62.8 Å². The van der Waals surface area contributed by atoms with Gasteiger partial charge in [0.05, 0.1) is 31.0 Å². The molecule has 0 aliphatic carbocycles. The summed E-state index contributed by atoms with van der Waals surface area (Å²) < 4.78 is 17.8. The molecule has 1 fully saturated rings. The molecule has 2 N–H and O–H groups in total. The van der Waals surface area contributed by atoms with Crippen LogP contribution < -0.4 is 24.4 Å². The Hall–Kier alpha value is -4.93. The Bertz CT molecular complexity index is 1510. The second-order valence-corrected chi connectivity index (χ2v) is 10.4. The summed E-state index contributed by atoms with van der Waals surface area (Å²) in [7, 11) is 0. The van der Waals surface area contributed by atoms with Crippen LogP contribution in [-0.4, -0.2) is 56.8 Å². The molecule has 0 spiro atoms. The number of ether oxygens (including phenoxy) is 3. The van der Waals surface area contributed by atoms with Gasteiger partial charge in [-0.25, -0.2) is 9.97 Å². The molecule has 4 aromatic rings. The number of benzene rings is 1. The summed E-state index contributed by atoms with van der Waals surface area (Å²) in [6, 6.07) is 16.0. The molecule has 0 saturated carbocycles. The number of hydrogen-bond acceptors (Lipinski definition) is 10. The van der Waals surface area contributed by atoms with Crippen LogP contribution in [0.5, 0.6) is 23.3 Å². The Morgan fingerprint density at radius 1 is 1.07 bits per heavy atom. The molecule has 218 valence electrons. The molecule has 1 unspecified atom stereocenters. The second kappa shape index (κ2) is 12.7. The van der Waals surface area contributed by atoms with Gasteiger partial charge in [-0.1, -0.05) is 18.2 Å². The number of pyridine rings is 2. The molecule has 0 amide bonds. The molecule has 5 rings (SSSR count). The van der Waals surface area contributed by atoms with Gasteiger partial charge >= 0.3 is 5.97 Å². The van der Waals surface area contributed by atoms with Gasteiger partial charge in [0.25, 0.3) is 5.88 Å². The smallest absolute Gasteiger partial charge is 0.313 e. The zero-order valence-corrected chi connectivity index (χ0v) is 23.9. The van der Waals surface area contributed by atoms with Crippen molar-refractivity contribution in [3.05, 3.63) is 78.8 Å². The molecule has 4 heterocycles. The fraction of sp³-hybridized carbons (Fsp3) is 0.323. The van der Waals surface area contributed by atoms with E-state index in [9.17, 15) is 9.90 Å². The van der Waals surface area contributed by atoms with Crippen LogP contribution in [0.1, 0.15) is 39.2 Å². The van der Waals surface area contributed by atoms with Crippen molar-refractivity contribution in [1.82, 2.24) is 19.9 Å². The summed E-state index contributed by atoms with van der Waals surface area (Å²) in [6.07, 6.45) is 6.86. The number of carboxylic acid groups (broad SMARTS) is 1. The third kappa shape index (κ3) is 6.85. The topological polar surface area (TPSA) is 132 Å². The summed E-state index contributed by atoms with van der Waals surface area (Å²) in [5.41, 5.74) is -0.312. The van der Waals surface area contributed by atoms with Crippen LogP contribution in [0.15, 0.2) is 73.2 Å². The van der Waals surface area contributed by atoms with E-state index in [1.807, 2.05) is 31.2 Å². The maximum Gasteiger partial charge on any atom is 0.313 e. The van der Waals surface area contributed by atoms with E-state index in [-0.39, 0.29) is 6.10 Å². The number of aliphatic carboxylic acids is 1. The number of aromatic nitrogens is 4. The van der Waals surface area contributed by atoms with E-state index in [0.29, 0.717) is 53.6 Å². The average molecular weight is 571 g/mol. The zero-order valence-electron chi connectivity index (χ0n) is 23.9. The molecule has 0 radical (unpaired) electrons. The first-order chi connectivity index (χ1) is 20.3. The van der Waals surface area contributed by atoms with Gasteiger partial charge in [-0.2, -0.15) is 4.98 Å². The van der Waals surface area contributed by atoms with Crippen LogP contribution in [-0.2, 0) is 10.2 Å². The fourth-order valence-electron chi connectivity index (χ4n) is 4.55. The minimum absolute atomic E-state index is 0.0639. The highest BCUT2D eigenvalue weighted by Gasteiger charge is 2.29. The van der Waals surface area contributed by atoms with Crippen molar-refractivity contribution in [2.75, 3.05) is 29.9 Å². The van der Waals surface area contributed by atoms with Crippen molar-refractivity contribution in [2.24, 2.45) is 0 Å². The van der Waals surface area contributed by atoms with Gasteiger partial charge in [-0.15, -0.1) is 0 Å². The van der Waals surface area contributed by atoms with Gasteiger partial charge in [0.1, 0.15) is 23.5 Å². The number of piperidine rings is 1. The van der Waals surface area contributed by atoms with Crippen LogP contribution in [0, 0.1) is 0 Å². The van der Waals surface area contributed by atoms with Crippen molar-refractivity contribution in [3.8, 4) is 23.3 Å². The molecular formula is C31H34N6O5. The molecule has 1 aliphatic heterocycles. The molecule has 1 aromatic carbocycles. The molecule has 11 nitrogen and oxygen atoms in total. The number of carboxylic acids is 1. The summed E-state index contributed by atoms with van der Waals surface area (Å²) in [5.74, 6) is 3.00. The number of nitrogens with zero attached hydrogens (tertiary/aromatic N) is 5. The first-order valence-corrected chi connectivity index (χ1v) is 13.9. The number of anilines is 3. The fourth-order valence-corrected chi connectivity index (χ4v) is 4.55. The average Bonchev–Trinajstić information content (AvgIpc) is 2.99. The lowest BCUT2D eigenvalue weighted by Gasteiger charge is -2.33. The largest absolute Gasteiger partial charge is 0.488 e. The van der Waals surface area contributed by atoms with Crippen LogP contribution in [0.3, 0.4) is 0 Å². The van der Waals surface area contributed by atoms with E-state index in [4.69, 9.17) is 19.2 Å². The number of carbonyl (C=O) groups is 1. The lowest BCUT2D eigenvalue weighted by Crippen LogP contribution is -2.41. The number of rotatable bonds is 11. The van der Waals surface area contributed by atoms with E-state index in [2.05, 4.69) is 25.2 Å². The highest BCUT2D eigenvalue weighted by molar-refractivity contribution is 5.80. The Labute approximate surface area is 244 Å². The minimum Gasteiger partial charge on any atom is -0.488 e. The predicted octanol–water partition coefficient (Wildman–Crippen LogP) is 5.61. The van der Waals surface area contributed by atoms with Gasteiger partial charge in [0.15, 0.2) is 11.6 Å².